The lowest BCUT2D eigenvalue weighted by molar-refractivity contribution is -0.117. The first-order valence-electron chi connectivity index (χ1n) is 9.34. The van der Waals surface area contributed by atoms with Crippen molar-refractivity contribution in [2.45, 2.75) is 19.9 Å². The Bertz CT molecular complexity index is 1220. The van der Waals surface area contributed by atoms with Crippen molar-refractivity contribution in [2.24, 2.45) is 0 Å². The molecule has 158 valence electrons. The molecule has 0 radical (unpaired) electrons. The number of halogens is 1. The Morgan fingerprint density at radius 2 is 1.94 bits per heavy atom. The molecule has 0 bridgehead atoms. The number of ether oxygens (including phenoxy) is 2. The summed E-state index contributed by atoms with van der Waals surface area (Å²) >= 11 is 7.61. The van der Waals surface area contributed by atoms with Gasteiger partial charge in [-0.05, 0) is 43.7 Å². The molecule has 0 saturated heterocycles. The topological polar surface area (TPSA) is 88.4 Å². The summed E-state index contributed by atoms with van der Waals surface area (Å²) < 4.78 is 11.7. The van der Waals surface area contributed by atoms with Crippen LogP contribution in [-0.2, 0) is 4.79 Å². The molecule has 2 aromatic carbocycles. The molecule has 3 aromatic rings. The number of carbonyl (C=O) groups is 2. The summed E-state index contributed by atoms with van der Waals surface area (Å²) in [4.78, 5) is 25.1. The highest BCUT2D eigenvalue weighted by molar-refractivity contribution is 7.21. The Labute approximate surface area is 188 Å². The average Bonchev–Trinajstić information content (AvgIpc) is 3.09. The van der Waals surface area contributed by atoms with Gasteiger partial charge < -0.3 is 14.8 Å². The lowest BCUT2D eigenvalue weighted by atomic mass is 10.1. The number of carbonyl (C=O) groups excluding carboxylic acids is 2. The van der Waals surface area contributed by atoms with Gasteiger partial charge in [-0.25, -0.2) is 4.79 Å². The van der Waals surface area contributed by atoms with E-state index in [0.717, 1.165) is 10.1 Å². The average molecular weight is 455 g/mol. The van der Waals surface area contributed by atoms with Gasteiger partial charge in [0.25, 0.3) is 5.91 Å². The monoisotopic (exact) mass is 454 g/mol. The smallest absolute Gasteiger partial charge is 0.355 e. The fourth-order valence-electron chi connectivity index (χ4n) is 2.81. The number of nitriles is 1. The molecule has 0 saturated carbocycles. The minimum atomic E-state index is -0.596. The van der Waals surface area contributed by atoms with Crippen LogP contribution in [0, 0.1) is 11.3 Å². The van der Waals surface area contributed by atoms with Gasteiger partial charge >= 0.3 is 5.97 Å². The Morgan fingerprint density at radius 3 is 2.58 bits per heavy atom. The van der Waals surface area contributed by atoms with E-state index in [9.17, 15) is 14.9 Å². The number of methoxy groups -OCH3 is 1. The molecule has 0 spiro atoms. The van der Waals surface area contributed by atoms with Crippen molar-refractivity contribution >= 4 is 51.0 Å². The summed E-state index contributed by atoms with van der Waals surface area (Å²) in [5, 5.41) is 13.1. The van der Waals surface area contributed by atoms with Crippen molar-refractivity contribution < 1.29 is 19.1 Å². The van der Waals surface area contributed by atoms with E-state index in [-0.39, 0.29) is 23.1 Å². The minimum Gasteiger partial charge on any atom is -0.493 e. The van der Waals surface area contributed by atoms with E-state index in [0.29, 0.717) is 15.5 Å². The lowest BCUT2D eigenvalue weighted by Gasteiger charge is -2.10. The minimum absolute atomic E-state index is 0.0439. The van der Waals surface area contributed by atoms with E-state index in [1.54, 1.807) is 18.2 Å². The zero-order chi connectivity index (χ0) is 22.5. The van der Waals surface area contributed by atoms with Gasteiger partial charge in [0.1, 0.15) is 16.5 Å². The molecule has 1 aromatic heterocycles. The summed E-state index contributed by atoms with van der Waals surface area (Å²) in [5.41, 5.74) is 0.504. The van der Waals surface area contributed by atoms with Gasteiger partial charge in [0, 0.05) is 16.1 Å². The third-order valence-corrected chi connectivity index (χ3v) is 5.86. The highest BCUT2D eigenvalue weighted by Crippen LogP contribution is 2.37. The fourth-order valence-corrected chi connectivity index (χ4v) is 4.19. The molecule has 0 atom stereocenters. The maximum Gasteiger partial charge on any atom is 0.355 e. The third kappa shape index (κ3) is 5.05. The highest BCUT2D eigenvalue weighted by Gasteiger charge is 2.20. The maximum atomic E-state index is 12.7. The predicted octanol–water partition coefficient (Wildman–Crippen LogP) is 5.21. The number of nitrogens with one attached hydrogen (secondary N) is 1. The zero-order valence-corrected chi connectivity index (χ0v) is 18.6. The van der Waals surface area contributed by atoms with E-state index in [2.05, 4.69) is 5.32 Å². The molecule has 0 unspecified atom stereocenters. The number of thiophene rings is 1. The Balaban J connectivity index is 1.87. The van der Waals surface area contributed by atoms with Crippen molar-refractivity contribution in [2.75, 3.05) is 7.11 Å². The van der Waals surface area contributed by atoms with E-state index in [1.165, 1.54) is 24.5 Å². The molecule has 3 rings (SSSR count). The van der Waals surface area contributed by atoms with Gasteiger partial charge in [0.05, 0.1) is 12.1 Å². The number of amides is 1. The van der Waals surface area contributed by atoms with Crippen molar-refractivity contribution in [3.63, 3.8) is 0 Å². The summed E-state index contributed by atoms with van der Waals surface area (Å²) in [7, 11) is 1.43. The molecule has 8 heteroatoms. The van der Waals surface area contributed by atoms with Gasteiger partial charge in [-0.3, -0.25) is 4.79 Å². The summed E-state index contributed by atoms with van der Waals surface area (Å²) in [5.74, 6) is -0.586. The standard InChI is InChI=1S/C23H19ClN2O4S/c1-13(2)26-22(27)15(12-25)10-14-8-9-17(18(11-14)29-3)30-23(28)21-20(24)16-6-4-5-7-19(16)31-21/h4-11,13H,1-3H3,(H,26,27)/b15-10+. The first-order valence-corrected chi connectivity index (χ1v) is 10.5. The highest BCUT2D eigenvalue weighted by atomic mass is 35.5. The number of hydrogen-bond donors (Lipinski definition) is 1. The van der Waals surface area contributed by atoms with Gasteiger partial charge in [-0.15, -0.1) is 11.3 Å². The van der Waals surface area contributed by atoms with E-state index in [4.69, 9.17) is 21.1 Å². The van der Waals surface area contributed by atoms with Crippen LogP contribution < -0.4 is 14.8 Å². The van der Waals surface area contributed by atoms with E-state index >= 15 is 0 Å². The number of fused-ring (bicyclic) bond motifs is 1. The van der Waals surface area contributed by atoms with Crippen LogP contribution in [0.15, 0.2) is 48.0 Å². The second kappa shape index (κ2) is 9.65. The number of nitrogens with zero attached hydrogens (tertiary/aromatic N) is 1. The van der Waals surface area contributed by atoms with Crippen molar-refractivity contribution in [3.05, 3.63) is 63.5 Å². The Hall–Kier alpha value is -3.34. The molecule has 1 heterocycles. The van der Waals surface area contributed by atoms with Gasteiger partial charge in [-0.2, -0.15) is 5.26 Å². The second-order valence-electron chi connectivity index (χ2n) is 6.84. The summed E-state index contributed by atoms with van der Waals surface area (Å²) in [6, 6.07) is 14.0. The maximum absolute atomic E-state index is 12.7. The molecule has 0 fully saturated rings. The van der Waals surface area contributed by atoms with Crippen molar-refractivity contribution in [1.82, 2.24) is 5.32 Å². The molecular formula is C23H19ClN2O4S. The number of rotatable bonds is 6. The number of esters is 1. The van der Waals surface area contributed by atoms with Gasteiger partial charge in [0.2, 0.25) is 0 Å². The van der Waals surface area contributed by atoms with E-state index < -0.39 is 11.9 Å². The molecule has 31 heavy (non-hydrogen) atoms. The zero-order valence-electron chi connectivity index (χ0n) is 17.1. The largest absolute Gasteiger partial charge is 0.493 e. The number of benzene rings is 2. The molecule has 0 aliphatic rings. The van der Waals surface area contributed by atoms with Crippen LogP contribution in [0.2, 0.25) is 5.02 Å². The molecule has 6 nitrogen and oxygen atoms in total. The normalized spacial score (nSPS) is 11.3. The first kappa shape index (κ1) is 22.3. The van der Waals surface area contributed by atoms with Gasteiger partial charge in [-0.1, -0.05) is 35.9 Å². The van der Waals surface area contributed by atoms with Crippen molar-refractivity contribution in [3.8, 4) is 17.6 Å². The predicted molar refractivity (Wildman–Crippen MR) is 122 cm³/mol. The van der Waals surface area contributed by atoms with Crippen LogP contribution in [0.1, 0.15) is 29.1 Å². The number of hydrogen-bond acceptors (Lipinski definition) is 6. The molecular weight excluding hydrogens is 436 g/mol. The molecule has 1 amide bonds. The second-order valence-corrected chi connectivity index (χ2v) is 8.27. The molecule has 0 aliphatic heterocycles. The van der Waals surface area contributed by atoms with Crippen LogP contribution in [-0.4, -0.2) is 25.0 Å². The van der Waals surface area contributed by atoms with E-state index in [1.807, 2.05) is 44.2 Å². The summed E-state index contributed by atoms with van der Waals surface area (Å²) in [6.45, 7) is 3.61. The fraction of sp³-hybridized carbons (Fsp3) is 0.174. The van der Waals surface area contributed by atoms with Crippen molar-refractivity contribution in [1.29, 1.82) is 5.26 Å². The third-order valence-electron chi connectivity index (χ3n) is 4.21. The van der Waals surface area contributed by atoms with Gasteiger partial charge in [0.15, 0.2) is 11.5 Å². The first-order chi connectivity index (χ1) is 14.8. The van der Waals surface area contributed by atoms with Crippen LogP contribution in [0.25, 0.3) is 16.2 Å². The Morgan fingerprint density at radius 1 is 1.19 bits per heavy atom. The molecule has 0 aliphatic carbocycles. The Kier molecular flexibility index (Phi) is 6.95. The molecule has 1 N–H and O–H groups in total. The van der Waals surface area contributed by atoms with Crippen LogP contribution in [0.4, 0.5) is 0 Å². The lowest BCUT2D eigenvalue weighted by Crippen LogP contribution is -2.30. The van der Waals surface area contributed by atoms with Crippen LogP contribution in [0.3, 0.4) is 0 Å². The quantitative estimate of drug-likeness (QED) is 0.239. The SMILES string of the molecule is COc1cc(/C=C(\C#N)C(=O)NC(C)C)ccc1OC(=O)c1sc2ccccc2c1Cl. The van der Waals surface area contributed by atoms with Crippen LogP contribution >= 0.6 is 22.9 Å². The van der Waals surface area contributed by atoms with Crippen LogP contribution in [0.5, 0.6) is 11.5 Å². The summed E-state index contributed by atoms with van der Waals surface area (Å²) in [6.07, 6.45) is 1.44.